The number of nitrogens with zero attached hydrogens (tertiary/aromatic N) is 2. The third kappa shape index (κ3) is 7.22. The van der Waals surface area contributed by atoms with Crippen LogP contribution in [0.15, 0.2) is 53.7 Å². The monoisotopic (exact) mass is 546 g/mol. The number of nitrogens with two attached hydrogens (primary N) is 1. The first-order valence-electron chi connectivity index (χ1n) is 13.1. The zero-order chi connectivity index (χ0) is 27.3. The number of anilines is 1. The molecule has 1 aromatic carbocycles. The van der Waals surface area contributed by atoms with Gasteiger partial charge in [0.1, 0.15) is 11.0 Å². The number of ether oxygens (including phenoxy) is 2. The van der Waals surface area contributed by atoms with E-state index in [-0.39, 0.29) is 41.8 Å². The van der Waals surface area contributed by atoms with Crippen molar-refractivity contribution >= 4 is 21.8 Å². The second kappa shape index (κ2) is 12.4. The average molecular weight is 547 g/mol. The normalized spacial score (nSPS) is 22.8. The Labute approximate surface area is 224 Å². The highest BCUT2D eigenvalue weighted by Gasteiger charge is 2.40. The molecule has 2 aromatic rings. The standard InChI is InChI=1S/C27H38N4O6S/c1-18(2)16-31(38(34,35)23-12-21(28)14-29-15-23)17-25(32)24(10-19-6-4-3-5-7-19)30-27(33)37-22-11-20-8-9-36-26(20)13-22/h3-7,12,14-15,18,20,22,24-26,32H,8-11,13,16-17,28H2,1-2H3,(H,30,33)/t20?,22?,24-,25+,26+/m0/s1. The van der Waals surface area contributed by atoms with Crippen LogP contribution in [0.2, 0.25) is 0 Å². The maximum absolute atomic E-state index is 13.5. The molecule has 208 valence electrons. The van der Waals surface area contributed by atoms with Gasteiger partial charge >= 0.3 is 6.09 Å². The number of carbonyl (C=O) groups excluding carboxylic acids is 1. The largest absolute Gasteiger partial charge is 0.446 e. The molecule has 38 heavy (non-hydrogen) atoms. The predicted octanol–water partition coefficient (Wildman–Crippen LogP) is 2.58. The summed E-state index contributed by atoms with van der Waals surface area (Å²) in [6, 6.07) is 9.97. The Morgan fingerprint density at radius 2 is 2.00 bits per heavy atom. The fourth-order valence-corrected chi connectivity index (χ4v) is 6.86. The Morgan fingerprint density at radius 1 is 1.24 bits per heavy atom. The van der Waals surface area contributed by atoms with Gasteiger partial charge in [-0.1, -0.05) is 44.2 Å². The number of aliphatic hydroxyl groups excluding tert-OH is 1. The van der Waals surface area contributed by atoms with Crippen LogP contribution in [0.5, 0.6) is 0 Å². The lowest BCUT2D eigenvalue weighted by atomic mass is 10.0. The van der Waals surface area contributed by atoms with Gasteiger partial charge in [-0.3, -0.25) is 4.98 Å². The van der Waals surface area contributed by atoms with E-state index in [4.69, 9.17) is 15.2 Å². The first-order chi connectivity index (χ1) is 18.1. The Hall–Kier alpha value is -2.73. The topological polar surface area (TPSA) is 144 Å². The quantitative estimate of drug-likeness (QED) is 0.390. The smallest absolute Gasteiger partial charge is 0.407 e. The van der Waals surface area contributed by atoms with Gasteiger partial charge in [0.05, 0.1) is 23.9 Å². The summed E-state index contributed by atoms with van der Waals surface area (Å²) in [5.41, 5.74) is 6.89. The molecule has 0 bridgehead atoms. The molecular weight excluding hydrogens is 508 g/mol. The minimum absolute atomic E-state index is 0.0134. The number of carbonyl (C=O) groups is 1. The van der Waals surface area contributed by atoms with Crippen LogP contribution in [0, 0.1) is 11.8 Å². The van der Waals surface area contributed by atoms with E-state index in [2.05, 4.69) is 10.3 Å². The highest BCUT2D eigenvalue weighted by Crippen LogP contribution is 2.37. The SMILES string of the molecule is CC(C)CN(C[C@@H](O)[C@H](Cc1ccccc1)NC(=O)OC1CC2CCO[C@@H]2C1)S(=O)(=O)c1cncc(N)c1. The number of pyridine rings is 1. The molecule has 10 nitrogen and oxygen atoms in total. The molecule has 11 heteroatoms. The lowest BCUT2D eigenvalue weighted by molar-refractivity contribution is 0.0554. The van der Waals surface area contributed by atoms with Crippen LogP contribution in [0.1, 0.15) is 38.7 Å². The van der Waals surface area contributed by atoms with Crippen molar-refractivity contribution in [1.82, 2.24) is 14.6 Å². The zero-order valence-electron chi connectivity index (χ0n) is 21.9. The van der Waals surface area contributed by atoms with Crippen molar-refractivity contribution in [3.63, 3.8) is 0 Å². The molecule has 1 amide bonds. The second-order valence-electron chi connectivity index (χ2n) is 10.6. The van der Waals surface area contributed by atoms with Crippen molar-refractivity contribution in [2.45, 2.75) is 68.8 Å². The third-order valence-corrected chi connectivity index (χ3v) is 8.88. The molecule has 2 fully saturated rings. The zero-order valence-corrected chi connectivity index (χ0v) is 22.7. The van der Waals surface area contributed by atoms with Crippen LogP contribution in [0.4, 0.5) is 10.5 Å². The number of nitrogen functional groups attached to an aromatic ring is 1. The number of hydrogen-bond donors (Lipinski definition) is 3. The fourth-order valence-electron chi connectivity index (χ4n) is 5.24. The first kappa shape index (κ1) is 28.3. The highest BCUT2D eigenvalue weighted by molar-refractivity contribution is 7.89. The number of aliphatic hydroxyl groups is 1. The van der Waals surface area contributed by atoms with Crippen LogP contribution < -0.4 is 11.1 Å². The summed E-state index contributed by atoms with van der Waals surface area (Å²) in [7, 11) is -4.00. The molecule has 2 aliphatic rings. The van der Waals surface area contributed by atoms with Crippen LogP contribution >= 0.6 is 0 Å². The van der Waals surface area contributed by atoms with E-state index in [1.165, 1.54) is 22.8 Å². The second-order valence-corrected chi connectivity index (χ2v) is 12.6. The fraction of sp³-hybridized carbons (Fsp3) is 0.556. The van der Waals surface area contributed by atoms with Crippen molar-refractivity contribution in [2.75, 3.05) is 25.4 Å². The summed E-state index contributed by atoms with van der Waals surface area (Å²) < 4.78 is 39.6. The summed E-state index contributed by atoms with van der Waals surface area (Å²) >= 11 is 0. The molecule has 0 spiro atoms. The van der Waals surface area contributed by atoms with E-state index >= 15 is 0 Å². The molecule has 5 atom stereocenters. The van der Waals surface area contributed by atoms with Crippen LogP contribution in [0.25, 0.3) is 0 Å². The molecule has 1 saturated heterocycles. The van der Waals surface area contributed by atoms with Gasteiger partial charge < -0.3 is 25.6 Å². The number of nitrogens with one attached hydrogen (secondary N) is 1. The van der Waals surface area contributed by atoms with Crippen molar-refractivity contribution < 1.29 is 27.8 Å². The highest BCUT2D eigenvalue weighted by atomic mass is 32.2. The first-order valence-corrected chi connectivity index (χ1v) is 14.6. The van der Waals surface area contributed by atoms with Gasteiger partial charge in [0, 0.05) is 38.5 Å². The summed E-state index contributed by atoms with van der Waals surface area (Å²) in [5.74, 6) is 0.398. The molecule has 4 N–H and O–H groups in total. The number of aromatic nitrogens is 1. The summed E-state index contributed by atoms with van der Waals surface area (Å²) in [6.45, 7) is 4.48. The van der Waals surface area contributed by atoms with Crippen molar-refractivity contribution in [1.29, 1.82) is 0 Å². The number of benzene rings is 1. The molecule has 0 radical (unpaired) electrons. The van der Waals surface area contributed by atoms with Gasteiger partial charge in [-0.25, -0.2) is 13.2 Å². The minimum atomic E-state index is -4.00. The van der Waals surface area contributed by atoms with E-state index < -0.39 is 28.3 Å². The number of fused-ring (bicyclic) bond motifs is 1. The van der Waals surface area contributed by atoms with E-state index in [0.717, 1.165) is 25.0 Å². The van der Waals surface area contributed by atoms with E-state index in [1.54, 1.807) is 0 Å². The van der Waals surface area contributed by atoms with Crippen LogP contribution in [-0.2, 0) is 25.9 Å². The van der Waals surface area contributed by atoms with Gasteiger partial charge in [-0.2, -0.15) is 4.31 Å². The molecule has 1 saturated carbocycles. The van der Waals surface area contributed by atoms with Gasteiger partial charge in [0.25, 0.3) is 0 Å². The molecule has 2 unspecified atom stereocenters. The Balaban J connectivity index is 1.49. The number of rotatable bonds is 11. The Bertz CT molecular complexity index is 1170. The third-order valence-electron chi connectivity index (χ3n) is 7.08. The number of alkyl carbamates (subject to hydrolysis) is 1. The molecule has 4 rings (SSSR count). The van der Waals surface area contributed by atoms with E-state index in [0.29, 0.717) is 18.8 Å². The average Bonchev–Trinajstić information content (AvgIpc) is 3.45. The Morgan fingerprint density at radius 3 is 2.68 bits per heavy atom. The molecule has 1 aliphatic carbocycles. The van der Waals surface area contributed by atoms with Gasteiger partial charge in [-0.15, -0.1) is 0 Å². The van der Waals surface area contributed by atoms with Gasteiger partial charge in [0.15, 0.2) is 0 Å². The molecule has 1 aromatic heterocycles. The van der Waals surface area contributed by atoms with Gasteiger partial charge in [-0.05, 0) is 42.7 Å². The summed E-state index contributed by atoms with van der Waals surface area (Å²) in [6.07, 6.45) is 3.36. The lowest BCUT2D eigenvalue weighted by Gasteiger charge is -2.30. The lowest BCUT2D eigenvalue weighted by Crippen LogP contribution is -2.51. The van der Waals surface area contributed by atoms with Crippen molar-refractivity contribution in [3.8, 4) is 0 Å². The maximum Gasteiger partial charge on any atom is 0.407 e. The predicted molar refractivity (Wildman–Crippen MR) is 143 cm³/mol. The van der Waals surface area contributed by atoms with E-state index in [9.17, 15) is 18.3 Å². The number of amides is 1. The summed E-state index contributed by atoms with van der Waals surface area (Å²) in [5, 5.41) is 14.1. The minimum Gasteiger partial charge on any atom is -0.446 e. The van der Waals surface area contributed by atoms with Gasteiger partial charge in [0.2, 0.25) is 10.0 Å². The molecule has 1 aliphatic heterocycles. The van der Waals surface area contributed by atoms with Crippen molar-refractivity contribution in [3.05, 3.63) is 54.4 Å². The summed E-state index contributed by atoms with van der Waals surface area (Å²) in [4.78, 5) is 16.8. The molecular formula is C27H38N4O6S. The number of hydrogen-bond acceptors (Lipinski definition) is 8. The molecule has 2 heterocycles. The van der Waals surface area contributed by atoms with Crippen LogP contribution in [0.3, 0.4) is 0 Å². The Kier molecular flexibility index (Phi) is 9.24. The van der Waals surface area contributed by atoms with Crippen LogP contribution in [-0.4, -0.2) is 73.0 Å². The van der Waals surface area contributed by atoms with E-state index in [1.807, 2.05) is 44.2 Å². The maximum atomic E-state index is 13.5. The number of sulfonamides is 1. The van der Waals surface area contributed by atoms with Crippen molar-refractivity contribution in [2.24, 2.45) is 11.8 Å².